The maximum absolute atomic E-state index is 9.99. The van der Waals surface area contributed by atoms with Gasteiger partial charge < -0.3 is 5.11 Å². The van der Waals surface area contributed by atoms with Crippen LogP contribution >= 0.6 is 0 Å². The molecule has 0 atom stereocenters. The van der Waals surface area contributed by atoms with Crippen LogP contribution in [0.4, 0.5) is 0 Å². The fourth-order valence-electron chi connectivity index (χ4n) is 1.22. The van der Waals surface area contributed by atoms with Gasteiger partial charge in [-0.2, -0.15) is 0 Å². The lowest BCUT2D eigenvalue weighted by Gasteiger charge is -1.97. The number of aldehydes is 1. The highest BCUT2D eigenvalue weighted by Gasteiger charge is 1.90. The van der Waals surface area contributed by atoms with Gasteiger partial charge in [0.05, 0.1) is 0 Å². The molecule has 0 rings (SSSR count). The van der Waals surface area contributed by atoms with Crippen molar-refractivity contribution in [2.24, 2.45) is 0 Å². The number of carbonyl (C=O) groups excluding carboxylic acids is 1. The van der Waals surface area contributed by atoms with Crippen molar-refractivity contribution >= 4 is 6.29 Å². The monoisotopic (exact) mass is 184 g/mol. The highest BCUT2D eigenvalue weighted by atomic mass is 16.3. The zero-order valence-corrected chi connectivity index (χ0v) is 8.46. The summed E-state index contributed by atoms with van der Waals surface area (Å²) in [5.41, 5.74) is 0. The van der Waals surface area contributed by atoms with Crippen molar-refractivity contribution in [3.8, 4) is 0 Å². The Kier molecular flexibility index (Phi) is 8.73. The molecule has 2 nitrogen and oxygen atoms in total. The van der Waals surface area contributed by atoms with Crippen molar-refractivity contribution in [3.63, 3.8) is 0 Å². The summed E-state index contributed by atoms with van der Waals surface area (Å²) in [5.74, 6) is -0.131. The van der Waals surface area contributed by atoms with Crippen LogP contribution in [0, 0.1) is 0 Å². The minimum absolute atomic E-state index is 0.131. The molecule has 0 spiro atoms. The maximum Gasteiger partial charge on any atom is 0.184 e. The number of aliphatic hydroxyl groups is 1. The Morgan fingerprint density at radius 2 is 1.77 bits per heavy atom. The van der Waals surface area contributed by atoms with Gasteiger partial charge in [0.15, 0.2) is 12.0 Å². The number of aliphatic hydroxyl groups excluding tert-OH is 1. The standard InChI is InChI=1S/C11H20O2/c1-2-3-4-5-6-7-8-9-11(13)10-12/h9-10,13H,2-8H2,1H3. The number of allylic oxidation sites excluding steroid dienone is 2. The molecule has 0 heterocycles. The normalized spacial score (nSPS) is 11.6. The first-order valence-corrected chi connectivity index (χ1v) is 5.15. The van der Waals surface area contributed by atoms with Gasteiger partial charge in [-0.1, -0.05) is 39.0 Å². The summed E-state index contributed by atoms with van der Waals surface area (Å²) in [5, 5.41) is 8.79. The molecular weight excluding hydrogens is 164 g/mol. The second kappa shape index (κ2) is 9.30. The first-order valence-electron chi connectivity index (χ1n) is 5.15. The van der Waals surface area contributed by atoms with Gasteiger partial charge in [0.2, 0.25) is 0 Å². The minimum Gasteiger partial charge on any atom is -0.505 e. The number of rotatable bonds is 8. The average Bonchev–Trinajstić information content (AvgIpc) is 2.16. The molecule has 0 aromatic heterocycles. The average molecular weight is 184 g/mol. The highest BCUT2D eigenvalue weighted by molar-refractivity contribution is 5.69. The molecule has 0 saturated heterocycles. The first kappa shape index (κ1) is 12.2. The van der Waals surface area contributed by atoms with Crippen LogP contribution in [-0.2, 0) is 4.79 Å². The zero-order valence-electron chi connectivity index (χ0n) is 8.46. The topological polar surface area (TPSA) is 37.3 Å². The van der Waals surface area contributed by atoms with Gasteiger partial charge in [0.25, 0.3) is 0 Å². The molecule has 76 valence electrons. The highest BCUT2D eigenvalue weighted by Crippen LogP contribution is 2.07. The fourth-order valence-corrected chi connectivity index (χ4v) is 1.22. The molecule has 1 N–H and O–H groups in total. The summed E-state index contributed by atoms with van der Waals surface area (Å²) in [6.07, 6.45) is 10.3. The molecule has 0 saturated carbocycles. The van der Waals surface area contributed by atoms with Crippen molar-refractivity contribution < 1.29 is 9.90 Å². The Hall–Kier alpha value is -0.790. The number of carbonyl (C=O) groups is 1. The lowest BCUT2D eigenvalue weighted by molar-refractivity contribution is -0.107. The lowest BCUT2D eigenvalue weighted by atomic mass is 10.1. The molecule has 13 heavy (non-hydrogen) atoms. The molecule has 0 unspecified atom stereocenters. The summed E-state index contributed by atoms with van der Waals surface area (Å²) in [7, 11) is 0. The van der Waals surface area contributed by atoms with E-state index in [-0.39, 0.29) is 5.76 Å². The van der Waals surface area contributed by atoms with Gasteiger partial charge in [-0.15, -0.1) is 0 Å². The molecule has 0 aromatic carbocycles. The quantitative estimate of drug-likeness (QED) is 0.272. The van der Waals surface area contributed by atoms with Crippen molar-refractivity contribution in [3.05, 3.63) is 11.8 Å². The fraction of sp³-hybridized carbons (Fsp3) is 0.727. The molecule has 0 aliphatic carbocycles. The van der Waals surface area contributed by atoms with Crippen LogP contribution in [0.3, 0.4) is 0 Å². The van der Waals surface area contributed by atoms with E-state index in [4.69, 9.17) is 5.11 Å². The van der Waals surface area contributed by atoms with Gasteiger partial charge >= 0.3 is 0 Å². The number of hydrogen-bond acceptors (Lipinski definition) is 2. The third kappa shape index (κ3) is 9.12. The van der Waals surface area contributed by atoms with E-state index in [2.05, 4.69) is 6.92 Å². The van der Waals surface area contributed by atoms with Crippen LogP contribution in [-0.4, -0.2) is 11.4 Å². The van der Waals surface area contributed by atoms with E-state index in [9.17, 15) is 4.79 Å². The summed E-state index contributed by atoms with van der Waals surface area (Å²) in [4.78, 5) is 9.99. The maximum atomic E-state index is 9.99. The summed E-state index contributed by atoms with van der Waals surface area (Å²) < 4.78 is 0. The van der Waals surface area contributed by atoms with E-state index in [1.54, 1.807) is 6.08 Å². The van der Waals surface area contributed by atoms with Crippen molar-refractivity contribution in [2.75, 3.05) is 0 Å². The van der Waals surface area contributed by atoms with Crippen molar-refractivity contribution in [2.45, 2.75) is 51.9 Å². The van der Waals surface area contributed by atoms with E-state index < -0.39 is 0 Å². The van der Waals surface area contributed by atoms with E-state index in [1.165, 1.54) is 32.1 Å². The smallest absolute Gasteiger partial charge is 0.184 e. The molecule has 0 aliphatic heterocycles. The van der Waals surface area contributed by atoms with Gasteiger partial charge in [0, 0.05) is 0 Å². The van der Waals surface area contributed by atoms with Crippen molar-refractivity contribution in [1.82, 2.24) is 0 Å². The largest absolute Gasteiger partial charge is 0.505 e. The number of unbranched alkanes of at least 4 members (excludes halogenated alkanes) is 6. The molecular formula is C11H20O2. The Balaban J connectivity index is 3.12. The van der Waals surface area contributed by atoms with Crippen LogP contribution in [0.15, 0.2) is 11.8 Å². The van der Waals surface area contributed by atoms with Crippen LogP contribution in [0.25, 0.3) is 0 Å². The van der Waals surface area contributed by atoms with E-state index in [1.807, 2.05) is 0 Å². The summed E-state index contributed by atoms with van der Waals surface area (Å²) in [6, 6.07) is 0. The zero-order chi connectivity index (χ0) is 9.94. The summed E-state index contributed by atoms with van der Waals surface area (Å²) >= 11 is 0. The van der Waals surface area contributed by atoms with Gasteiger partial charge in [-0.05, 0) is 18.9 Å². The molecule has 0 bridgehead atoms. The third-order valence-corrected chi connectivity index (χ3v) is 2.03. The Morgan fingerprint density at radius 3 is 2.38 bits per heavy atom. The predicted octanol–water partition coefficient (Wildman–Crippen LogP) is 3.38. The van der Waals surface area contributed by atoms with Crippen LogP contribution in [0.2, 0.25) is 0 Å². The molecule has 0 radical (unpaired) electrons. The Labute approximate surface area is 80.7 Å². The van der Waals surface area contributed by atoms with Crippen LogP contribution in [0.1, 0.15) is 51.9 Å². The molecule has 0 amide bonds. The molecule has 2 heteroatoms. The van der Waals surface area contributed by atoms with E-state index >= 15 is 0 Å². The van der Waals surface area contributed by atoms with Crippen LogP contribution in [0.5, 0.6) is 0 Å². The van der Waals surface area contributed by atoms with Gasteiger partial charge in [-0.25, -0.2) is 0 Å². The predicted molar refractivity (Wildman–Crippen MR) is 54.8 cm³/mol. The Bertz CT molecular complexity index is 150. The lowest BCUT2D eigenvalue weighted by Crippen LogP contribution is -1.82. The van der Waals surface area contributed by atoms with E-state index in [0.29, 0.717) is 6.29 Å². The second-order valence-corrected chi connectivity index (χ2v) is 3.30. The van der Waals surface area contributed by atoms with E-state index in [0.717, 1.165) is 12.8 Å². The van der Waals surface area contributed by atoms with Gasteiger partial charge in [0.1, 0.15) is 0 Å². The first-order chi connectivity index (χ1) is 6.31. The van der Waals surface area contributed by atoms with Crippen LogP contribution < -0.4 is 0 Å². The minimum atomic E-state index is -0.131. The third-order valence-electron chi connectivity index (χ3n) is 2.03. The summed E-state index contributed by atoms with van der Waals surface area (Å²) in [6.45, 7) is 2.20. The molecule has 0 aliphatic rings. The second-order valence-electron chi connectivity index (χ2n) is 3.30. The SMILES string of the molecule is CCCCCCCCC=C(O)C=O. The molecule has 0 aromatic rings. The Morgan fingerprint density at radius 1 is 1.15 bits per heavy atom. The van der Waals surface area contributed by atoms with Gasteiger partial charge in [-0.3, -0.25) is 4.79 Å². The number of hydrogen-bond donors (Lipinski definition) is 1. The van der Waals surface area contributed by atoms with Crippen molar-refractivity contribution in [1.29, 1.82) is 0 Å². The molecule has 0 fully saturated rings.